The second-order valence-corrected chi connectivity index (χ2v) is 6.88. The minimum Gasteiger partial charge on any atom is -0.478 e. The van der Waals surface area contributed by atoms with Crippen LogP contribution in [0.15, 0.2) is 66.1 Å². The van der Waals surface area contributed by atoms with Gasteiger partial charge < -0.3 is 5.11 Å². The quantitative estimate of drug-likeness (QED) is 0.809. The van der Waals surface area contributed by atoms with Crippen LogP contribution in [0.4, 0.5) is 5.69 Å². The monoisotopic (exact) mass is 351 g/mol. The van der Waals surface area contributed by atoms with Crippen LogP contribution in [0.2, 0.25) is 5.02 Å². The van der Waals surface area contributed by atoms with Crippen LogP contribution in [0, 0.1) is 0 Å². The first-order chi connectivity index (χ1) is 10.9. The van der Waals surface area contributed by atoms with Crippen molar-refractivity contribution < 1.29 is 18.3 Å². The molecular formula is C16H14ClNO4S. The first kappa shape index (κ1) is 17.1. The highest BCUT2D eigenvalue weighted by atomic mass is 35.5. The van der Waals surface area contributed by atoms with Crippen LogP contribution in [-0.2, 0) is 10.0 Å². The number of sulfonamides is 1. The highest BCUT2D eigenvalue weighted by Gasteiger charge is 2.26. The SMILES string of the molecule is C=CCN(c1ccccc1Cl)S(=O)(=O)c1cccc(C(=O)O)c1. The van der Waals surface area contributed by atoms with Crippen LogP contribution in [-0.4, -0.2) is 26.0 Å². The lowest BCUT2D eigenvalue weighted by Gasteiger charge is -2.24. The smallest absolute Gasteiger partial charge is 0.335 e. The number of benzene rings is 2. The molecule has 0 unspecified atom stereocenters. The van der Waals surface area contributed by atoms with Gasteiger partial charge in [0, 0.05) is 0 Å². The molecule has 0 aliphatic heterocycles. The second kappa shape index (κ2) is 6.85. The summed E-state index contributed by atoms with van der Waals surface area (Å²) >= 11 is 6.10. The van der Waals surface area contributed by atoms with Gasteiger partial charge in [-0.25, -0.2) is 13.2 Å². The Morgan fingerprint density at radius 1 is 1.22 bits per heavy atom. The summed E-state index contributed by atoms with van der Waals surface area (Å²) in [5.74, 6) is -1.20. The zero-order chi connectivity index (χ0) is 17.0. The van der Waals surface area contributed by atoms with Gasteiger partial charge in [-0.15, -0.1) is 6.58 Å². The van der Waals surface area contributed by atoms with Crippen molar-refractivity contribution in [3.05, 3.63) is 71.8 Å². The summed E-state index contributed by atoms with van der Waals surface area (Å²) in [7, 11) is -3.98. The number of carboxylic acid groups (broad SMARTS) is 1. The molecule has 2 aromatic carbocycles. The number of para-hydroxylation sites is 1. The standard InChI is InChI=1S/C16H14ClNO4S/c1-2-10-18(15-9-4-3-8-14(15)17)23(21,22)13-7-5-6-12(11-13)16(19)20/h2-9,11H,1,10H2,(H,19,20). The van der Waals surface area contributed by atoms with Crippen LogP contribution < -0.4 is 4.31 Å². The van der Waals surface area contributed by atoms with Gasteiger partial charge in [-0.2, -0.15) is 0 Å². The molecule has 2 aromatic rings. The normalized spacial score (nSPS) is 11.0. The molecule has 0 atom stereocenters. The van der Waals surface area contributed by atoms with Crippen LogP contribution in [0.3, 0.4) is 0 Å². The first-order valence-electron chi connectivity index (χ1n) is 6.59. The molecule has 0 saturated heterocycles. The third-order valence-corrected chi connectivity index (χ3v) is 5.18. The molecule has 2 rings (SSSR count). The summed E-state index contributed by atoms with van der Waals surface area (Å²) in [6.45, 7) is 3.57. The maximum atomic E-state index is 12.9. The Morgan fingerprint density at radius 2 is 1.91 bits per heavy atom. The van der Waals surface area contributed by atoms with Gasteiger partial charge in [-0.3, -0.25) is 4.31 Å². The number of halogens is 1. The Balaban J connectivity index is 2.58. The Kier molecular flexibility index (Phi) is 5.08. The summed E-state index contributed by atoms with van der Waals surface area (Å²) < 4.78 is 26.8. The number of aromatic carboxylic acids is 1. The summed E-state index contributed by atoms with van der Waals surface area (Å²) in [6.07, 6.45) is 1.43. The fourth-order valence-corrected chi connectivity index (χ4v) is 3.80. The van der Waals surface area contributed by atoms with Gasteiger partial charge in [0.2, 0.25) is 0 Å². The predicted octanol–water partition coefficient (Wildman–Crippen LogP) is 3.42. The van der Waals surface area contributed by atoms with Crippen LogP contribution in [0.25, 0.3) is 0 Å². The molecule has 0 aliphatic carbocycles. The fraction of sp³-hybridized carbons (Fsp3) is 0.0625. The van der Waals surface area contributed by atoms with Crippen molar-refractivity contribution in [1.29, 1.82) is 0 Å². The van der Waals surface area contributed by atoms with E-state index in [0.29, 0.717) is 5.69 Å². The van der Waals surface area contributed by atoms with Crippen molar-refractivity contribution in [3.8, 4) is 0 Å². The Hall–Kier alpha value is -2.31. The maximum absolute atomic E-state index is 12.9. The van der Waals surface area contributed by atoms with Crippen molar-refractivity contribution in [1.82, 2.24) is 0 Å². The van der Waals surface area contributed by atoms with E-state index in [4.69, 9.17) is 16.7 Å². The minimum absolute atomic E-state index is 0.00334. The molecule has 0 radical (unpaired) electrons. The van der Waals surface area contributed by atoms with Gasteiger partial charge in [-0.1, -0.05) is 35.9 Å². The van der Waals surface area contributed by atoms with Gasteiger partial charge in [0.25, 0.3) is 10.0 Å². The fourth-order valence-electron chi connectivity index (χ4n) is 2.01. The van der Waals surface area contributed by atoms with Crippen molar-refractivity contribution in [2.24, 2.45) is 0 Å². The largest absolute Gasteiger partial charge is 0.478 e. The van der Waals surface area contributed by atoms with E-state index < -0.39 is 16.0 Å². The van der Waals surface area contributed by atoms with Gasteiger partial charge in [0.1, 0.15) is 0 Å². The van der Waals surface area contributed by atoms with E-state index in [-0.39, 0.29) is 22.0 Å². The zero-order valence-electron chi connectivity index (χ0n) is 12.0. The minimum atomic E-state index is -3.98. The van der Waals surface area contributed by atoms with Gasteiger partial charge in [0.15, 0.2) is 0 Å². The van der Waals surface area contributed by atoms with E-state index in [1.807, 2.05) is 0 Å². The molecule has 1 N–H and O–H groups in total. The van der Waals surface area contributed by atoms with Crippen LogP contribution in [0.1, 0.15) is 10.4 Å². The number of rotatable bonds is 6. The van der Waals surface area contributed by atoms with Crippen LogP contribution >= 0.6 is 11.6 Å². The molecule has 0 aliphatic rings. The number of anilines is 1. The topological polar surface area (TPSA) is 74.7 Å². The van der Waals surface area contributed by atoms with E-state index in [2.05, 4.69) is 6.58 Å². The average molecular weight is 352 g/mol. The highest BCUT2D eigenvalue weighted by Crippen LogP contribution is 2.30. The van der Waals surface area contributed by atoms with Crippen molar-refractivity contribution in [3.63, 3.8) is 0 Å². The molecule has 7 heteroatoms. The summed E-state index contributed by atoms with van der Waals surface area (Å²) in [5.41, 5.74) is 0.193. The molecule has 5 nitrogen and oxygen atoms in total. The summed E-state index contributed by atoms with van der Waals surface area (Å²) in [5, 5.41) is 9.30. The Labute approximate surface area is 139 Å². The molecule has 0 heterocycles. The Bertz CT molecular complexity index is 849. The third-order valence-electron chi connectivity index (χ3n) is 3.09. The maximum Gasteiger partial charge on any atom is 0.335 e. The van der Waals surface area contributed by atoms with E-state index in [0.717, 1.165) is 10.4 Å². The van der Waals surface area contributed by atoms with Gasteiger partial charge in [0.05, 0.1) is 27.7 Å². The molecule has 0 spiro atoms. The van der Waals surface area contributed by atoms with Gasteiger partial charge >= 0.3 is 5.97 Å². The van der Waals surface area contributed by atoms with Crippen LogP contribution in [0.5, 0.6) is 0 Å². The summed E-state index contributed by atoms with van der Waals surface area (Å²) in [6, 6.07) is 11.7. The van der Waals surface area contributed by atoms with E-state index in [1.54, 1.807) is 24.3 Å². The Morgan fingerprint density at radius 3 is 2.52 bits per heavy atom. The molecular weight excluding hydrogens is 338 g/mol. The average Bonchev–Trinajstić information content (AvgIpc) is 2.53. The number of nitrogens with zero attached hydrogens (tertiary/aromatic N) is 1. The second-order valence-electron chi connectivity index (χ2n) is 4.61. The predicted molar refractivity (Wildman–Crippen MR) is 89.6 cm³/mol. The number of hydrogen-bond acceptors (Lipinski definition) is 3. The molecule has 120 valence electrons. The van der Waals surface area contributed by atoms with E-state index >= 15 is 0 Å². The lowest BCUT2D eigenvalue weighted by atomic mass is 10.2. The highest BCUT2D eigenvalue weighted by molar-refractivity contribution is 7.92. The molecule has 0 saturated carbocycles. The first-order valence-corrected chi connectivity index (χ1v) is 8.41. The lowest BCUT2D eigenvalue weighted by Crippen LogP contribution is -2.31. The van der Waals surface area contributed by atoms with E-state index in [1.165, 1.54) is 24.3 Å². The molecule has 23 heavy (non-hydrogen) atoms. The molecule has 0 bridgehead atoms. The number of carbonyl (C=O) groups is 1. The molecule has 0 aromatic heterocycles. The number of carboxylic acids is 1. The van der Waals surface area contributed by atoms with Gasteiger partial charge in [-0.05, 0) is 30.3 Å². The molecule has 0 amide bonds. The zero-order valence-corrected chi connectivity index (χ0v) is 13.6. The third kappa shape index (κ3) is 3.55. The van der Waals surface area contributed by atoms with Crippen molar-refractivity contribution >= 4 is 33.3 Å². The summed E-state index contributed by atoms with van der Waals surface area (Å²) in [4.78, 5) is 10.9. The number of hydrogen-bond donors (Lipinski definition) is 1. The van der Waals surface area contributed by atoms with Crippen molar-refractivity contribution in [2.45, 2.75) is 4.90 Å². The van der Waals surface area contributed by atoms with Crippen molar-refractivity contribution in [2.75, 3.05) is 10.8 Å². The lowest BCUT2D eigenvalue weighted by molar-refractivity contribution is 0.0696. The molecule has 0 fully saturated rings. The van der Waals surface area contributed by atoms with E-state index in [9.17, 15) is 13.2 Å².